The largest absolute Gasteiger partial charge is 0.416 e. The normalized spacial score (nSPS) is 12.7. The lowest BCUT2D eigenvalue weighted by Crippen LogP contribution is -2.13. The van der Waals surface area contributed by atoms with Gasteiger partial charge in [-0.05, 0) is 63.1 Å². The van der Waals surface area contributed by atoms with E-state index in [1.54, 1.807) is 13.0 Å². The quantitative estimate of drug-likeness (QED) is 0.562. The van der Waals surface area contributed by atoms with Crippen molar-refractivity contribution in [2.24, 2.45) is 0 Å². The molecule has 0 N–H and O–H groups in total. The molecular weight excluding hydrogens is 273 g/mol. The van der Waals surface area contributed by atoms with Crippen LogP contribution in [0.1, 0.15) is 48.9 Å². The maximum Gasteiger partial charge on any atom is 0.416 e. The third kappa shape index (κ3) is 5.07. The van der Waals surface area contributed by atoms with Gasteiger partial charge in [0.15, 0.2) is 0 Å². The predicted octanol–water partition coefficient (Wildman–Crippen LogP) is 6.03. The van der Waals surface area contributed by atoms with Gasteiger partial charge in [-0.3, -0.25) is 0 Å². The second-order valence-corrected chi connectivity index (χ2v) is 5.10. The van der Waals surface area contributed by atoms with Gasteiger partial charge >= 0.3 is 6.18 Å². The monoisotopic (exact) mass is 296 g/mol. The Morgan fingerprint density at radius 1 is 0.905 bits per heavy atom. The molecule has 0 saturated heterocycles. The van der Waals surface area contributed by atoms with Gasteiger partial charge in [-0.15, -0.1) is 0 Å². The van der Waals surface area contributed by atoms with Crippen LogP contribution in [0, 0.1) is 6.92 Å². The highest BCUT2D eigenvalue weighted by atomic mass is 19.4. The summed E-state index contributed by atoms with van der Waals surface area (Å²) in [6, 6.07) is 3.49. The van der Waals surface area contributed by atoms with Crippen LogP contribution in [0.5, 0.6) is 0 Å². The molecule has 3 heteroatoms. The third-order valence-corrected chi connectivity index (χ3v) is 3.58. The van der Waals surface area contributed by atoms with Gasteiger partial charge in [-0.1, -0.05) is 36.4 Å². The third-order valence-electron chi connectivity index (χ3n) is 3.58. The molecule has 0 aliphatic rings. The molecule has 0 nitrogen and oxygen atoms in total. The summed E-state index contributed by atoms with van der Waals surface area (Å²) in [5, 5.41) is 0. The standard InChI is InChI=1S/C18H23F3/c1-4-6-8-10-15-12-13-16(11-9-7-5-2)17(14(15)3)18(19,20)21/h4-7,12-13H,8-11H2,1-3H3/b6-4+,7-5+. The van der Waals surface area contributed by atoms with Crippen molar-refractivity contribution in [1.29, 1.82) is 0 Å². The predicted molar refractivity (Wildman–Crippen MR) is 82.5 cm³/mol. The van der Waals surface area contributed by atoms with Crippen LogP contribution in [-0.4, -0.2) is 0 Å². The second kappa shape index (κ2) is 8.06. The molecule has 0 bridgehead atoms. The molecule has 0 aliphatic carbocycles. The van der Waals surface area contributed by atoms with Gasteiger partial charge in [0, 0.05) is 0 Å². The number of rotatable bonds is 6. The Hall–Kier alpha value is -1.51. The van der Waals surface area contributed by atoms with Crippen molar-refractivity contribution in [3.8, 4) is 0 Å². The zero-order chi connectivity index (χ0) is 15.9. The summed E-state index contributed by atoms with van der Waals surface area (Å²) in [5.41, 5.74) is 1.12. The number of allylic oxidation sites excluding steroid dienone is 4. The zero-order valence-electron chi connectivity index (χ0n) is 12.9. The van der Waals surface area contributed by atoms with E-state index in [-0.39, 0.29) is 0 Å². The molecule has 0 atom stereocenters. The van der Waals surface area contributed by atoms with E-state index in [1.807, 2.05) is 44.2 Å². The van der Waals surface area contributed by atoms with Crippen molar-refractivity contribution in [3.63, 3.8) is 0 Å². The molecular formula is C18H23F3. The molecule has 1 rings (SSSR count). The number of halogens is 3. The summed E-state index contributed by atoms with van der Waals surface area (Å²) in [6.07, 6.45) is 5.86. The Morgan fingerprint density at radius 2 is 1.38 bits per heavy atom. The van der Waals surface area contributed by atoms with Crippen LogP contribution in [0.2, 0.25) is 0 Å². The summed E-state index contributed by atoms with van der Waals surface area (Å²) < 4.78 is 40.1. The van der Waals surface area contributed by atoms with E-state index in [2.05, 4.69) is 0 Å². The molecule has 0 fully saturated rings. The first kappa shape index (κ1) is 17.5. The molecule has 0 heterocycles. The van der Waals surface area contributed by atoms with Crippen molar-refractivity contribution in [2.45, 2.75) is 52.6 Å². The van der Waals surface area contributed by atoms with Gasteiger partial charge in [0.05, 0.1) is 5.56 Å². The lowest BCUT2D eigenvalue weighted by Gasteiger charge is -2.18. The number of aryl methyl sites for hydroxylation is 2. The summed E-state index contributed by atoms with van der Waals surface area (Å²) in [7, 11) is 0. The Bertz CT molecular complexity index is 508. The van der Waals surface area contributed by atoms with E-state index in [9.17, 15) is 13.2 Å². The first-order valence-electron chi connectivity index (χ1n) is 7.32. The minimum absolute atomic E-state index is 0.380. The van der Waals surface area contributed by atoms with E-state index in [0.717, 1.165) is 12.0 Å². The molecule has 0 aliphatic heterocycles. The summed E-state index contributed by atoms with van der Waals surface area (Å²) in [6.45, 7) is 5.38. The number of hydrogen-bond acceptors (Lipinski definition) is 0. The molecule has 0 aromatic heterocycles. The van der Waals surface area contributed by atoms with Gasteiger partial charge in [0.1, 0.15) is 0 Å². The van der Waals surface area contributed by atoms with Crippen molar-refractivity contribution in [2.75, 3.05) is 0 Å². The minimum Gasteiger partial charge on any atom is -0.166 e. The maximum absolute atomic E-state index is 13.4. The molecule has 21 heavy (non-hydrogen) atoms. The number of alkyl halides is 3. The van der Waals surface area contributed by atoms with Crippen LogP contribution in [0.25, 0.3) is 0 Å². The Labute approximate surface area is 125 Å². The first-order valence-corrected chi connectivity index (χ1v) is 7.32. The van der Waals surface area contributed by atoms with Crippen LogP contribution >= 0.6 is 0 Å². The van der Waals surface area contributed by atoms with E-state index in [4.69, 9.17) is 0 Å². The van der Waals surface area contributed by atoms with Crippen molar-refractivity contribution < 1.29 is 13.2 Å². The molecule has 0 radical (unpaired) electrons. The van der Waals surface area contributed by atoms with E-state index in [0.29, 0.717) is 30.4 Å². The molecule has 0 unspecified atom stereocenters. The van der Waals surface area contributed by atoms with Crippen molar-refractivity contribution in [3.05, 3.63) is 58.7 Å². The summed E-state index contributed by atoms with van der Waals surface area (Å²) in [4.78, 5) is 0. The smallest absolute Gasteiger partial charge is 0.166 e. The zero-order valence-corrected chi connectivity index (χ0v) is 12.9. The number of hydrogen-bond donors (Lipinski definition) is 0. The molecule has 116 valence electrons. The fraction of sp³-hybridized carbons (Fsp3) is 0.444. The van der Waals surface area contributed by atoms with Gasteiger partial charge in [0.2, 0.25) is 0 Å². The maximum atomic E-state index is 13.4. The highest BCUT2D eigenvalue weighted by Gasteiger charge is 2.35. The summed E-state index contributed by atoms with van der Waals surface area (Å²) in [5.74, 6) is 0. The topological polar surface area (TPSA) is 0 Å². The fourth-order valence-electron chi connectivity index (χ4n) is 2.50. The Balaban J connectivity index is 3.13. The fourth-order valence-corrected chi connectivity index (χ4v) is 2.50. The van der Waals surface area contributed by atoms with Gasteiger partial charge in [0.25, 0.3) is 0 Å². The van der Waals surface area contributed by atoms with Crippen LogP contribution in [0.4, 0.5) is 13.2 Å². The number of benzene rings is 1. The van der Waals surface area contributed by atoms with E-state index >= 15 is 0 Å². The van der Waals surface area contributed by atoms with Crippen molar-refractivity contribution in [1.82, 2.24) is 0 Å². The molecule has 0 spiro atoms. The van der Waals surface area contributed by atoms with Crippen LogP contribution < -0.4 is 0 Å². The van der Waals surface area contributed by atoms with Crippen LogP contribution in [0.3, 0.4) is 0 Å². The minimum atomic E-state index is -4.29. The molecule has 1 aromatic carbocycles. The van der Waals surface area contributed by atoms with E-state index < -0.39 is 11.7 Å². The SMILES string of the molecule is C/C=C/CCc1ccc(CC/C=C/C)c(C(F)(F)F)c1C. The first-order chi connectivity index (χ1) is 9.91. The Morgan fingerprint density at radius 3 is 1.86 bits per heavy atom. The molecule has 1 aromatic rings. The summed E-state index contributed by atoms with van der Waals surface area (Å²) >= 11 is 0. The highest BCUT2D eigenvalue weighted by molar-refractivity contribution is 5.42. The van der Waals surface area contributed by atoms with E-state index in [1.165, 1.54) is 0 Å². The average Bonchev–Trinajstić information content (AvgIpc) is 2.40. The second-order valence-electron chi connectivity index (χ2n) is 5.10. The van der Waals surface area contributed by atoms with Gasteiger partial charge in [-0.25, -0.2) is 0 Å². The van der Waals surface area contributed by atoms with Crippen LogP contribution in [0.15, 0.2) is 36.4 Å². The van der Waals surface area contributed by atoms with Gasteiger partial charge in [-0.2, -0.15) is 13.2 Å². The molecule has 0 amide bonds. The molecule has 0 saturated carbocycles. The Kier molecular flexibility index (Phi) is 6.73. The van der Waals surface area contributed by atoms with Gasteiger partial charge < -0.3 is 0 Å². The lowest BCUT2D eigenvalue weighted by atomic mass is 9.92. The van der Waals surface area contributed by atoms with Crippen LogP contribution in [-0.2, 0) is 19.0 Å². The highest BCUT2D eigenvalue weighted by Crippen LogP contribution is 2.36. The lowest BCUT2D eigenvalue weighted by molar-refractivity contribution is -0.138. The average molecular weight is 296 g/mol. The van der Waals surface area contributed by atoms with Crippen molar-refractivity contribution >= 4 is 0 Å².